The summed E-state index contributed by atoms with van der Waals surface area (Å²) in [7, 11) is 0. The Hall–Kier alpha value is -1.77. The van der Waals surface area contributed by atoms with Gasteiger partial charge in [0.15, 0.2) is 0 Å². The van der Waals surface area contributed by atoms with Gasteiger partial charge in [0.05, 0.1) is 5.69 Å². The molecule has 0 saturated heterocycles. The van der Waals surface area contributed by atoms with Gasteiger partial charge in [0, 0.05) is 17.7 Å². The molecule has 3 heteroatoms. The largest absolute Gasteiger partial charge is 0.295 e. The van der Waals surface area contributed by atoms with Crippen LogP contribution in [-0.2, 0) is 13.0 Å². The first-order valence-corrected chi connectivity index (χ1v) is 7.41. The summed E-state index contributed by atoms with van der Waals surface area (Å²) in [5.74, 6) is 0.470. The highest BCUT2D eigenvalue weighted by Gasteiger charge is 2.16. The molecule has 1 N–H and O–H groups in total. The Kier molecular flexibility index (Phi) is 4.48. The van der Waals surface area contributed by atoms with Crippen molar-refractivity contribution in [1.82, 2.24) is 9.78 Å². The van der Waals surface area contributed by atoms with Crippen LogP contribution in [0.4, 0.5) is 0 Å². The molecule has 0 fully saturated rings. The van der Waals surface area contributed by atoms with E-state index in [0.717, 1.165) is 36.2 Å². The summed E-state index contributed by atoms with van der Waals surface area (Å²) in [6.07, 6.45) is 1.77. The molecule has 1 aromatic heterocycles. The molecule has 0 spiro atoms. The number of rotatable bonds is 5. The maximum atomic E-state index is 12.5. The maximum absolute atomic E-state index is 12.5. The fourth-order valence-electron chi connectivity index (χ4n) is 2.54. The van der Waals surface area contributed by atoms with Crippen molar-refractivity contribution in [2.75, 3.05) is 0 Å². The highest BCUT2D eigenvalue weighted by atomic mass is 16.1. The third kappa shape index (κ3) is 3.03. The SMILES string of the molecule is CCCn1[nH]c(-c2cccc(C)c2)c(CC(C)C)c1=O. The van der Waals surface area contributed by atoms with Gasteiger partial charge in [0.2, 0.25) is 0 Å². The van der Waals surface area contributed by atoms with Crippen LogP contribution in [0.5, 0.6) is 0 Å². The first-order valence-electron chi connectivity index (χ1n) is 7.41. The number of H-pyrrole nitrogens is 1. The second-order valence-electron chi connectivity index (χ2n) is 5.89. The van der Waals surface area contributed by atoms with Gasteiger partial charge in [-0.15, -0.1) is 0 Å². The van der Waals surface area contributed by atoms with Crippen molar-refractivity contribution >= 4 is 0 Å². The first kappa shape index (κ1) is 14.6. The van der Waals surface area contributed by atoms with E-state index in [1.54, 1.807) is 4.68 Å². The number of hydrogen-bond acceptors (Lipinski definition) is 1. The average molecular weight is 272 g/mol. The van der Waals surface area contributed by atoms with Crippen LogP contribution < -0.4 is 5.56 Å². The average Bonchev–Trinajstić information content (AvgIpc) is 2.68. The molecule has 0 aliphatic carbocycles. The van der Waals surface area contributed by atoms with Gasteiger partial charge in [-0.2, -0.15) is 0 Å². The zero-order chi connectivity index (χ0) is 14.7. The van der Waals surface area contributed by atoms with E-state index in [-0.39, 0.29) is 5.56 Å². The van der Waals surface area contributed by atoms with Crippen LogP contribution in [0.2, 0.25) is 0 Å². The Labute approximate surface area is 120 Å². The number of aromatic nitrogens is 2. The lowest BCUT2D eigenvalue weighted by molar-refractivity contribution is 0.581. The number of aryl methyl sites for hydroxylation is 2. The van der Waals surface area contributed by atoms with Crippen molar-refractivity contribution in [2.45, 2.75) is 47.1 Å². The predicted octanol–water partition coefficient (Wildman–Crippen LogP) is 3.76. The molecular weight excluding hydrogens is 248 g/mol. The highest BCUT2D eigenvalue weighted by molar-refractivity contribution is 5.63. The number of benzene rings is 1. The van der Waals surface area contributed by atoms with Gasteiger partial charge in [-0.1, -0.05) is 44.5 Å². The molecule has 0 bridgehead atoms. The molecule has 2 aromatic rings. The van der Waals surface area contributed by atoms with Crippen molar-refractivity contribution in [3.05, 3.63) is 45.7 Å². The topological polar surface area (TPSA) is 37.8 Å². The van der Waals surface area contributed by atoms with E-state index >= 15 is 0 Å². The number of nitrogens with zero attached hydrogens (tertiary/aromatic N) is 1. The minimum atomic E-state index is 0.136. The third-order valence-corrected chi connectivity index (χ3v) is 3.42. The van der Waals surface area contributed by atoms with E-state index in [1.807, 2.05) is 6.07 Å². The van der Waals surface area contributed by atoms with E-state index < -0.39 is 0 Å². The van der Waals surface area contributed by atoms with Crippen molar-refractivity contribution in [2.24, 2.45) is 5.92 Å². The molecule has 0 aliphatic heterocycles. The van der Waals surface area contributed by atoms with Crippen molar-refractivity contribution in [1.29, 1.82) is 0 Å². The zero-order valence-electron chi connectivity index (χ0n) is 12.9. The summed E-state index contributed by atoms with van der Waals surface area (Å²) >= 11 is 0. The summed E-state index contributed by atoms with van der Waals surface area (Å²) in [5.41, 5.74) is 4.35. The van der Waals surface area contributed by atoms with Gasteiger partial charge in [-0.25, -0.2) is 0 Å². The summed E-state index contributed by atoms with van der Waals surface area (Å²) in [5, 5.41) is 3.30. The number of aromatic amines is 1. The van der Waals surface area contributed by atoms with E-state index in [2.05, 4.69) is 51.0 Å². The monoisotopic (exact) mass is 272 g/mol. The Bertz CT molecular complexity index is 635. The molecule has 3 nitrogen and oxygen atoms in total. The van der Waals surface area contributed by atoms with E-state index in [4.69, 9.17) is 0 Å². The smallest absolute Gasteiger partial charge is 0.270 e. The quantitative estimate of drug-likeness (QED) is 0.884. The molecule has 0 atom stereocenters. The van der Waals surface area contributed by atoms with Gasteiger partial charge >= 0.3 is 0 Å². The Balaban J connectivity index is 2.55. The van der Waals surface area contributed by atoms with Crippen LogP contribution in [0.25, 0.3) is 11.3 Å². The molecule has 0 amide bonds. The Morgan fingerprint density at radius 1 is 1.30 bits per heavy atom. The van der Waals surface area contributed by atoms with Crippen molar-refractivity contribution < 1.29 is 0 Å². The zero-order valence-corrected chi connectivity index (χ0v) is 12.9. The number of hydrogen-bond donors (Lipinski definition) is 1. The van der Waals surface area contributed by atoms with Crippen LogP contribution in [0.1, 0.15) is 38.3 Å². The Morgan fingerprint density at radius 2 is 2.05 bits per heavy atom. The minimum absolute atomic E-state index is 0.136. The molecule has 1 heterocycles. The van der Waals surface area contributed by atoms with E-state index in [1.165, 1.54) is 5.56 Å². The maximum Gasteiger partial charge on any atom is 0.270 e. The first-order chi connectivity index (χ1) is 9.52. The van der Waals surface area contributed by atoms with Crippen LogP contribution in [-0.4, -0.2) is 9.78 Å². The van der Waals surface area contributed by atoms with Gasteiger partial charge < -0.3 is 0 Å². The molecule has 0 radical (unpaired) electrons. The van der Waals surface area contributed by atoms with Gasteiger partial charge in [0.25, 0.3) is 5.56 Å². The van der Waals surface area contributed by atoms with Crippen molar-refractivity contribution in [3.63, 3.8) is 0 Å². The van der Waals surface area contributed by atoms with E-state index in [0.29, 0.717) is 5.92 Å². The molecule has 0 aliphatic rings. The molecule has 20 heavy (non-hydrogen) atoms. The number of nitrogens with one attached hydrogen (secondary N) is 1. The third-order valence-electron chi connectivity index (χ3n) is 3.42. The highest BCUT2D eigenvalue weighted by Crippen LogP contribution is 2.22. The van der Waals surface area contributed by atoms with E-state index in [9.17, 15) is 4.79 Å². The predicted molar refractivity (Wildman–Crippen MR) is 84.1 cm³/mol. The van der Waals surface area contributed by atoms with Gasteiger partial charge in [-0.05, 0) is 31.7 Å². The van der Waals surface area contributed by atoms with Crippen LogP contribution >= 0.6 is 0 Å². The van der Waals surface area contributed by atoms with Gasteiger partial charge in [-0.3, -0.25) is 14.6 Å². The van der Waals surface area contributed by atoms with Gasteiger partial charge in [0.1, 0.15) is 0 Å². The summed E-state index contributed by atoms with van der Waals surface area (Å²) in [6.45, 7) is 9.21. The molecule has 2 rings (SSSR count). The standard InChI is InChI=1S/C17H24N2O/c1-5-9-19-17(20)15(10-12(2)3)16(18-19)14-8-6-7-13(4)11-14/h6-8,11-12,18H,5,9-10H2,1-4H3. The molecule has 0 unspecified atom stereocenters. The molecule has 108 valence electrons. The summed E-state index contributed by atoms with van der Waals surface area (Å²) in [6, 6.07) is 8.32. The van der Waals surface area contributed by atoms with Crippen molar-refractivity contribution in [3.8, 4) is 11.3 Å². The Morgan fingerprint density at radius 3 is 2.65 bits per heavy atom. The second kappa shape index (κ2) is 6.12. The summed E-state index contributed by atoms with van der Waals surface area (Å²) < 4.78 is 1.75. The molecular formula is C17H24N2O. The lowest BCUT2D eigenvalue weighted by Crippen LogP contribution is -2.19. The minimum Gasteiger partial charge on any atom is -0.295 e. The lowest BCUT2D eigenvalue weighted by Gasteiger charge is -2.05. The summed E-state index contributed by atoms with van der Waals surface area (Å²) in [4.78, 5) is 12.5. The normalized spacial score (nSPS) is 11.2. The van der Waals surface area contributed by atoms with Crippen LogP contribution in [0.3, 0.4) is 0 Å². The fourth-order valence-corrected chi connectivity index (χ4v) is 2.54. The second-order valence-corrected chi connectivity index (χ2v) is 5.89. The lowest BCUT2D eigenvalue weighted by atomic mass is 9.99. The molecule has 0 saturated carbocycles. The van der Waals surface area contributed by atoms with Crippen LogP contribution in [0.15, 0.2) is 29.1 Å². The molecule has 1 aromatic carbocycles. The van der Waals surface area contributed by atoms with Crippen LogP contribution in [0, 0.1) is 12.8 Å². The fraction of sp³-hybridized carbons (Fsp3) is 0.471.